The molecule has 3 rings (SSSR count). The number of H-pyrrole nitrogens is 1. The number of carbonyl (C=O) groups is 1. The van der Waals surface area contributed by atoms with Crippen LogP contribution in [0.15, 0.2) is 51.8 Å². The Labute approximate surface area is 168 Å². The molecule has 1 aliphatic rings. The number of nitrogens with one attached hydrogen (secondary N) is 2. The topological polar surface area (TPSA) is 81.6 Å². The zero-order valence-electron chi connectivity index (χ0n) is 15.7. The first kappa shape index (κ1) is 19.8. The van der Waals surface area contributed by atoms with Crippen molar-refractivity contribution in [3.63, 3.8) is 0 Å². The third kappa shape index (κ3) is 4.86. The number of aromatic nitrogens is 1. The number of aryl methyl sites for hydroxylation is 1. The van der Waals surface area contributed by atoms with Gasteiger partial charge in [0.1, 0.15) is 0 Å². The Bertz CT molecular complexity index is 922. The molecule has 1 fully saturated rings. The number of amides is 1. The molecule has 28 heavy (non-hydrogen) atoms. The van der Waals surface area contributed by atoms with E-state index in [1.54, 1.807) is 19.1 Å². The number of rotatable bonds is 6. The number of carbonyl (C=O) groups excluding carboxylic acids is 1. The van der Waals surface area contributed by atoms with Crippen molar-refractivity contribution in [2.45, 2.75) is 6.92 Å². The zero-order chi connectivity index (χ0) is 20.1. The first-order valence-corrected chi connectivity index (χ1v) is 9.40. The number of oxazole rings is 1. The number of allylic oxidation sites excluding steroid dienone is 1. The molecular weight excluding hydrogens is 380 g/mol. The van der Waals surface area contributed by atoms with Crippen LogP contribution in [0.1, 0.15) is 11.5 Å². The van der Waals surface area contributed by atoms with E-state index >= 15 is 0 Å². The number of nitrogens with zero attached hydrogens (tertiary/aromatic N) is 2. The number of hydrogen-bond acceptors (Lipinski definition) is 5. The first-order chi connectivity index (χ1) is 13.5. The molecule has 0 atom stereocenters. The predicted octanol–water partition coefficient (Wildman–Crippen LogP) is 2.40. The quantitative estimate of drug-likeness (QED) is 0.725. The summed E-state index contributed by atoms with van der Waals surface area (Å²) in [7, 11) is 0. The highest BCUT2D eigenvalue weighted by Crippen LogP contribution is 2.19. The van der Waals surface area contributed by atoms with Crippen molar-refractivity contribution in [2.75, 3.05) is 37.6 Å². The minimum Gasteiger partial charge on any atom is -0.408 e. The molecule has 1 aromatic carbocycles. The molecular formula is C20H23ClN4O3. The van der Waals surface area contributed by atoms with Gasteiger partial charge in [-0.25, -0.2) is 4.79 Å². The van der Waals surface area contributed by atoms with Gasteiger partial charge in [0, 0.05) is 48.7 Å². The maximum Gasteiger partial charge on any atom is 0.417 e. The van der Waals surface area contributed by atoms with Crippen LogP contribution in [-0.4, -0.2) is 48.5 Å². The molecule has 2 heterocycles. The van der Waals surface area contributed by atoms with Crippen LogP contribution in [-0.2, 0) is 4.79 Å². The van der Waals surface area contributed by atoms with Crippen molar-refractivity contribution in [1.82, 2.24) is 15.2 Å². The Hall–Kier alpha value is -2.93. The van der Waals surface area contributed by atoms with E-state index in [4.69, 9.17) is 16.0 Å². The van der Waals surface area contributed by atoms with E-state index in [-0.39, 0.29) is 12.5 Å². The van der Waals surface area contributed by atoms with E-state index in [0.29, 0.717) is 35.3 Å². The lowest BCUT2D eigenvalue weighted by atomic mass is 10.2. The lowest BCUT2D eigenvalue weighted by Gasteiger charge is -2.36. The van der Waals surface area contributed by atoms with Crippen LogP contribution in [0, 0.1) is 6.92 Å². The maximum absolute atomic E-state index is 12.5. The summed E-state index contributed by atoms with van der Waals surface area (Å²) in [6.07, 6.45) is 3.23. The SMILES string of the molecule is C=C/C(=C\c1oc(=O)[nH]c1C)NCC(=O)N1CCN(c2ccc(Cl)cc2)CC1. The van der Waals surface area contributed by atoms with Crippen molar-refractivity contribution >= 4 is 29.3 Å². The average Bonchev–Trinajstić information content (AvgIpc) is 3.02. The van der Waals surface area contributed by atoms with Gasteiger partial charge in [0.2, 0.25) is 5.91 Å². The molecule has 1 aromatic heterocycles. The van der Waals surface area contributed by atoms with Crippen LogP contribution in [0.5, 0.6) is 0 Å². The van der Waals surface area contributed by atoms with Gasteiger partial charge in [-0.05, 0) is 37.3 Å². The summed E-state index contributed by atoms with van der Waals surface area (Å²) in [6.45, 7) is 8.46. The number of halogens is 1. The highest BCUT2D eigenvalue weighted by atomic mass is 35.5. The fraction of sp³-hybridized carbons (Fsp3) is 0.300. The first-order valence-electron chi connectivity index (χ1n) is 9.02. The largest absolute Gasteiger partial charge is 0.417 e. The van der Waals surface area contributed by atoms with Gasteiger partial charge < -0.3 is 19.5 Å². The maximum atomic E-state index is 12.5. The van der Waals surface area contributed by atoms with Crippen LogP contribution in [0.2, 0.25) is 5.02 Å². The van der Waals surface area contributed by atoms with Crippen molar-refractivity contribution < 1.29 is 9.21 Å². The molecule has 2 aromatic rings. The van der Waals surface area contributed by atoms with Gasteiger partial charge in [-0.1, -0.05) is 18.2 Å². The molecule has 0 unspecified atom stereocenters. The van der Waals surface area contributed by atoms with Crippen LogP contribution in [0.3, 0.4) is 0 Å². The summed E-state index contributed by atoms with van der Waals surface area (Å²) in [6, 6.07) is 7.72. The van der Waals surface area contributed by atoms with E-state index in [1.807, 2.05) is 29.2 Å². The molecule has 0 radical (unpaired) electrons. The number of benzene rings is 1. The summed E-state index contributed by atoms with van der Waals surface area (Å²) in [5.74, 6) is -0.0889. The molecule has 8 heteroatoms. The van der Waals surface area contributed by atoms with Crippen LogP contribution >= 0.6 is 11.6 Å². The summed E-state index contributed by atoms with van der Waals surface area (Å²) in [4.78, 5) is 30.4. The average molecular weight is 403 g/mol. The molecule has 0 saturated carbocycles. The minimum atomic E-state index is -0.512. The molecule has 1 amide bonds. The molecule has 0 spiro atoms. The lowest BCUT2D eigenvalue weighted by molar-refractivity contribution is -0.130. The highest BCUT2D eigenvalue weighted by molar-refractivity contribution is 6.30. The second-order valence-electron chi connectivity index (χ2n) is 6.51. The third-order valence-electron chi connectivity index (χ3n) is 4.64. The van der Waals surface area contributed by atoms with Crippen LogP contribution in [0.4, 0.5) is 5.69 Å². The highest BCUT2D eigenvalue weighted by Gasteiger charge is 2.21. The molecule has 0 bridgehead atoms. The Morgan fingerprint density at radius 2 is 1.96 bits per heavy atom. The van der Waals surface area contributed by atoms with E-state index in [1.165, 1.54) is 0 Å². The molecule has 148 valence electrons. The van der Waals surface area contributed by atoms with Crippen molar-refractivity contribution in [1.29, 1.82) is 0 Å². The second-order valence-corrected chi connectivity index (χ2v) is 6.94. The zero-order valence-corrected chi connectivity index (χ0v) is 16.5. The van der Waals surface area contributed by atoms with Gasteiger partial charge in [0.05, 0.1) is 12.2 Å². The molecule has 2 N–H and O–H groups in total. The summed E-state index contributed by atoms with van der Waals surface area (Å²) >= 11 is 5.94. The smallest absolute Gasteiger partial charge is 0.408 e. The number of hydrogen-bond donors (Lipinski definition) is 2. The minimum absolute atomic E-state index is 0.00995. The fourth-order valence-electron chi connectivity index (χ4n) is 3.03. The standard InChI is InChI=1S/C20H23ClN4O3/c1-3-16(12-18-14(2)23-20(27)28-18)22-13-19(26)25-10-8-24(9-11-25)17-6-4-15(21)5-7-17/h3-7,12,22H,1,8-11,13H2,2H3,(H,23,27)/b16-12+. The summed E-state index contributed by atoms with van der Waals surface area (Å²) < 4.78 is 5.05. The Kier molecular flexibility index (Phi) is 6.26. The van der Waals surface area contributed by atoms with Gasteiger partial charge >= 0.3 is 5.76 Å². The Morgan fingerprint density at radius 1 is 1.29 bits per heavy atom. The second kappa shape index (κ2) is 8.84. The van der Waals surface area contributed by atoms with Crippen LogP contribution in [0.25, 0.3) is 6.08 Å². The molecule has 0 aliphatic carbocycles. The molecule has 7 nitrogen and oxygen atoms in total. The van der Waals surface area contributed by atoms with Gasteiger partial charge in [-0.15, -0.1) is 0 Å². The van der Waals surface area contributed by atoms with E-state index in [9.17, 15) is 9.59 Å². The van der Waals surface area contributed by atoms with Gasteiger partial charge in [-0.2, -0.15) is 0 Å². The number of aromatic amines is 1. The normalized spacial score (nSPS) is 14.9. The van der Waals surface area contributed by atoms with Crippen molar-refractivity contribution in [3.05, 3.63) is 69.6 Å². The predicted molar refractivity (Wildman–Crippen MR) is 110 cm³/mol. The van der Waals surface area contributed by atoms with Crippen LogP contribution < -0.4 is 16.0 Å². The summed E-state index contributed by atoms with van der Waals surface area (Å²) in [5, 5.41) is 3.76. The Morgan fingerprint density at radius 3 is 2.54 bits per heavy atom. The van der Waals surface area contributed by atoms with Gasteiger partial charge in [0.15, 0.2) is 5.76 Å². The fourth-order valence-corrected chi connectivity index (χ4v) is 3.16. The molecule has 1 saturated heterocycles. The Balaban J connectivity index is 1.52. The lowest BCUT2D eigenvalue weighted by Crippen LogP contribution is -2.50. The number of piperazine rings is 1. The van der Waals surface area contributed by atoms with Crippen molar-refractivity contribution in [3.8, 4) is 0 Å². The third-order valence-corrected chi connectivity index (χ3v) is 4.89. The molecule has 1 aliphatic heterocycles. The monoisotopic (exact) mass is 402 g/mol. The van der Waals surface area contributed by atoms with Crippen molar-refractivity contribution in [2.24, 2.45) is 0 Å². The van der Waals surface area contributed by atoms with Gasteiger partial charge in [0.25, 0.3) is 0 Å². The van der Waals surface area contributed by atoms with E-state index in [2.05, 4.69) is 21.8 Å². The number of anilines is 1. The summed E-state index contributed by atoms with van der Waals surface area (Å²) in [5.41, 5.74) is 2.34. The van der Waals surface area contributed by atoms with E-state index < -0.39 is 5.76 Å². The van der Waals surface area contributed by atoms with Gasteiger partial charge in [-0.3, -0.25) is 9.78 Å². The van der Waals surface area contributed by atoms with E-state index in [0.717, 1.165) is 18.8 Å².